The summed E-state index contributed by atoms with van der Waals surface area (Å²) >= 11 is 0. The van der Waals surface area contributed by atoms with Crippen LogP contribution in [0.15, 0.2) is 12.2 Å². The molecule has 1 fully saturated rings. The fourth-order valence-electron chi connectivity index (χ4n) is 2.90. The van der Waals surface area contributed by atoms with Crippen molar-refractivity contribution in [2.24, 2.45) is 5.92 Å². The lowest BCUT2D eigenvalue weighted by molar-refractivity contribution is -0.151. The number of piperidine rings is 1. The van der Waals surface area contributed by atoms with Gasteiger partial charge < -0.3 is 9.64 Å². The van der Waals surface area contributed by atoms with E-state index in [9.17, 15) is 9.59 Å². The minimum absolute atomic E-state index is 0.106. The second-order valence-electron chi connectivity index (χ2n) is 6.07. The zero-order chi connectivity index (χ0) is 16.7. The summed E-state index contributed by atoms with van der Waals surface area (Å²) in [6, 6.07) is -0.212. The largest absolute Gasteiger partial charge is 0.466 e. The maximum Gasteiger partial charge on any atom is 0.310 e. The quantitative estimate of drug-likeness (QED) is 0.533. The van der Waals surface area contributed by atoms with Crippen LogP contribution in [0.2, 0.25) is 0 Å². The summed E-state index contributed by atoms with van der Waals surface area (Å²) in [7, 11) is 0. The van der Waals surface area contributed by atoms with Crippen LogP contribution in [-0.2, 0) is 14.3 Å². The lowest BCUT2D eigenvalue weighted by Gasteiger charge is -2.37. The third-order valence-corrected chi connectivity index (χ3v) is 4.13. The molecule has 1 saturated heterocycles. The van der Waals surface area contributed by atoms with E-state index in [-0.39, 0.29) is 23.8 Å². The fraction of sp³-hybridized carbons (Fsp3) is 0.765. The van der Waals surface area contributed by atoms with E-state index < -0.39 is 0 Å². The highest BCUT2D eigenvalue weighted by Gasteiger charge is 2.32. The molecular formula is C17H30N2O3. The molecule has 0 aromatic rings. The molecule has 0 aromatic carbocycles. The Morgan fingerprint density at radius 2 is 2.09 bits per heavy atom. The fourth-order valence-corrected chi connectivity index (χ4v) is 2.90. The molecule has 22 heavy (non-hydrogen) atoms. The monoisotopic (exact) mass is 310 g/mol. The number of likely N-dealkylation sites (tertiary alicyclic amines) is 1. The van der Waals surface area contributed by atoms with Crippen LogP contribution >= 0.6 is 0 Å². The molecule has 1 amide bonds. The summed E-state index contributed by atoms with van der Waals surface area (Å²) in [5.41, 5.74) is 0.977. The van der Waals surface area contributed by atoms with E-state index >= 15 is 0 Å². The minimum Gasteiger partial charge on any atom is -0.466 e. The van der Waals surface area contributed by atoms with Gasteiger partial charge >= 0.3 is 5.97 Å². The van der Waals surface area contributed by atoms with Gasteiger partial charge in [-0.25, -0.2) is 0 Å². The Morgan fingerprint density at radius 1 is 1.41 bits per heavy atom. The van der Waals surface area contributed by atoms with Crippen molar-refractivity contribution in [2.75, 3.05) is 32.8 Å². The molecule has 0 N–H and O–H groups in total. The second-order valence-corrected chi connectivity index (χ2v) is 6.07. The highest BCUT2D eigenvalue weighted by Crippen LogP contribution is 2.20. The van der Waals surface area contributed by atoms with E-state index in [2.05, 4.69) is 11.5 Å². The summed E-state index contributed by atoms with van der Waals surface area (Å²) in [6.45, 7) is 14.7. The third-order valence-electron chi connectivity index (χ3n) is 4.13. The van der Waals surface area contributed by atoms with E-state index in [1.54, 1.807) is 0 Å². The summed E-state index contributed by atoms with van der Waals surface area (Å²) in [4.78, 5) is 28.5. The first kappa shape index (κ1) is 18.7. The Labute approximate surface area is 134 Å². The van der Waals surface area contributed by atoms with Gasteiger partial charge in [0.1, 0.15) is 0 Å². The Balaban J connectivity index is 2.66. The van der Waals surface area contributed by atoms with Crippen LogP contribution in [0.25, 0.3) is 0 Å². The normalized spacial score (nSPS) is 20.3. The molecule has 126 valence electrons. The van der Waals surface area contributed by atoms with Crippen molar-refractivity contribution in [1.82, 2.24) is 9.80 Å². The number of nitrogens with zero attached hydrogens (tertiary/aromatic N) is 2. The average molecular weight is 310 g/mol. The Hall–Kier alpha value is -1.36. The summed E-state index contributed by atoms with van der Waals surface area (Å²) in [5, 5.41) is 0. The maximum atomic E-state index is 12.6. The first-order valence-corrected chi connectivity index (χ1v) is 8.24. The van der Waals surface area contributed by atoms with Crippen LogP contribution in [0, 0.1) is 5.92 Å². The summed E-state index contributed by atoms with van der Waals surface area (Å²) < 4.78 is 5.12. The number of hydrogen-bond donors (Lipinski definition) is 0. The van der Waals surface area contributed by atoms with Crippen LogP contribution in [0.5, 0.6) is 0 Å². The highest BCUT2D eigenvalue weighted by molar-refractivity contribution is 5.82. The van der Waals surface area contributed by atoms with E-state index in [0.29, 0.717) is 26.2 Å². The van der Waals surface area contributed by atoms with Crippen molar-refractivity contribution in [3.05, 3.63) is 12.2 Å². The van der Waals surface area contributed by atoms with Gasteiger partial charge in [-0.3, -0.25) is 14.5 Å². The van der Waals surface area contributed by atoms with Crippen LogP contribution in [0.4, 0.5) is 0 Å². The molecule has 5 heteroatoms. The Kier molecular flexibility index (Phi) is 7.59. The number of rotatable bonds is 7. The van der Waals surface area contributed by atoms with E-state index in [1.165, 1.54) is 0 Å². The SMILES string of the molecule is C=C(C)CN(CC)C(=O)C(C)N1CCCC(C(=O)OCC)C1. The number of likely N-dealkylation sites (N-methyl/N-ethyl adjacent to an activating group) is 1. The van der Waals surface area contributed by atoms with Gasteiger partial charge in [-0.15, -0.1) is 0 Å². The van der Waals surface area contributed by atoms with Crippen molar-refractivity contribution in [2.45, 2.75) is 46.6 Å². The van der Waals surface area contributed by atoms with Crippen LogP contribution in [0.1, 0.15) is 40.5 Å². The topological polar surface area (TPSA) is 49.9 Å². The van der Waals surface area contributed by atoms with E-state index in [4.69, 9.17) is 4.74 Å². The van der Waals surface area contributed by atoms with Crippen LogP contribution in [0.3, 0.4) is 0 Å². The minimum atomic E-state index is -0.212. The molecule has 1 heterocycles. The van der Waals surface area contributed by atoms with Gasteiger partial charge in [0, 0.05) is 19.6 Å². The summed E-state index contributed by atoms with van der Waals surface area (Å²) in [6.07, 6.45) is 1.77. The number of esters is 1. The second kappa shape index (κ2) is 8.93. The lowest BCUT2D eigenvalue weighted by Crippen LogP contribution is -2.51. The lowest BCUT2D eigenvalue weighted by atomic mass is 9.96. The standard InChI is InChI=1S/C17H30N2O3/c1-6-18(11-13(3)4)16(20)14(5)19-10-8-9-15(12-19)17(21)22-7-2/h14-15H,3,6-12H2,1-2,4-5H3. The molecule has 5 nitrogen and oxygen atoms in total. The predicted molar refractivity (Wildman–Crippen MR) is 87.5 cm³/mol. The molecule has 2 atom stereocenters. The zero-order valence-corrected chi connectivity index (χ0v) is 14.4. The smallest absolute Gasteiger partial charge is 0.310 e. The Morgan fingerprint density at radius 3 is 2.64 bits per heavy atom. The van der Waals surface area contributed by atoms with Gasteiger partial charge in [0.05, 0.1) is 18.6 Å². The maximum absolute atomic E-state index is 12.6. The molecule has 1 rings (SSSR count). The molecule has 0 aromatic heterocycles. The van der Waals surface area contributed by atoms with Crippen molar-refractivity contribution in [3.8, 4) is 0 Å². The van der Waals surface area contributed by atoms with Gasteiger partial charge in [0.2, 0.25) is 5.91 Å². The predicted octanol–water partition coefficient (Wildman–Crippen LogP) is 2.07. The molecule has 0 saturated carbocycles. The number of amides is 1. The average Bonchev–Trinajstić information content (AvgIpc) is 2.51. The van der Waals surface area contributed by atoms with Gasteiger partial charge in [0.25, 0.3) is 0 Å². The van der Waals surface area contributed by atoms with Crippen LogP contribution in [-0.4, -0.2) is 60.5 Å². The van der Waals surface area contributed by atoms with Crippen molar-refractivity contribution in [1.29, 1.82) is 0 Å². The van der Waals surface area contributed by atoms with Crippen molar-refractivity contribution >= 4 is 11.9 Å². The molecule has 1 aliphatic rings. The molecule has 0 radical (unpaired) electrons. The molecular weight excluding hydrogens is 280 g/mol. The number of hydrogen-bond acceptors (Lipinski definition) is 4. The molecule has 2 unspecified atom stereocenters. The van der Waals surface area contributed by atoms with Gasteiger partial charge in [-0.1, -0.05) is 12.2 Å². The van der Waals surface area contributed by atoms with Gasteiger partial charge in [-0.05, 0) is 47.1 Å². The molecule has 0 aliphatic carbocycles. The molecule has 1 aliphatic heterocycles. The zero-order valence-electron chi connectivity index (χ0n) is 14.4. The first-order valence-electron chi connectivity index (χ1n) is 8.24. The van der Waals surface area contributed by atoms with E-state index in [0.717, 1.165) is 25.0 Å². The third kappa shape index (κ3) is 5.13. The Bertz CT molecular complexity index is 409. The van der Waals surface area contributed by atoms with Crippen molar-refractivity contribution < 1.29 is 14.3 Å². The molecule has 0 spiro atoms. The van der Waals surface area contributed by atoms with Crippen LogP contribution < -0.4 is 0 Å². The number of carbonyl (C=O) groups excluding carboxylic acids is 2. The summed E-state index contributed by atoms with van der Waals surface area (Å²) in [5.74, 6) is -0.142. The number of ether oxygens (including phenoxy) is 1. The molecule has 0 bridgehead atoms. The first-order chi connectivity index (χ1) is 10.4. The number of carbonyl (C=O) groups is 2. The van der Waals surface area contributed by atoms with Gasteiger partial charge in [0.15, 0.2) is 0 Å². The van der Waals surface area contributed by atoms with E-state index in [1.807, 2.05) is 32.6 Å². The van der Waals surface area contributed by atoms with Crippen molar-refractivity contribution in [3.63, 3.8) is 0 Å². The van der Waals surface area contributed by atoms with Gasteiger partial charge in [-0.2, -0.15) is 0 Å². The highest BCUT2D eigenvalue weighted by atomic mass is 16.5.